The van der Waals surface area contributed by atoms with Crippen molar-refractivity contribution in [3.8, 4) is 5.75 Å². The van der Waals surface area contributed by atoms with E-state index < -0.39 is 0 Å². The van der Waals surface area contributed by atoms with Crippen LogP contribution >= 0.6 is 11.8 Å². The van der Waals surface area contributed by atoms with Gasteiger partial charge in [-0.2, -0.15) is 0 Å². The van der Waals surface area contributed by atoms with Gasteiger partial charge in [0.1, 0.15) is 5.75 Å². The van der Waals surface area contributed by atoms with Gasteiger partial charge in [-0.05, 0) is 19.1 Å². The molecule has 2 rings (SSSR count). The summed E-state index contributed by atoms with van der Waals surface area (Å²) in [6.07, 6.45) is 0.635. The van der Waals surface area contributed by atoms with Crippen LogP contribution in [0.1, 0.15) is 13.3 Å². The smallest absolute Gasteiger partial charge is 0.226 e. The van der Waals surface area contributed by atoms with Crippen LogP contribution < -0.4 is 4.74 Å². The second-order valence-corrected chi connectivity index (χ2v) is 4.83. The lowest BCUT2D eigenvalue weighted by atomic mass is 10.2. The molecule has 1 fully saturated rings. The molecule has 0 radical (unpaired) electrons. The van der Waals surface area contributed by atoms with Gasteiger partial charge in [0.05, 0.1) is 23.8 Å². The topological polar surface area (TPSA) is 29.5 Å². The van der Waals surface area contributed by atoms with Crippen LogP contribution in [-0.2, 0) is 4.79 Å². The van der Waals surface area contributed by atoms with E-state index in [4.69, 9.17) is 4.74 Å². The van der Waals surface area contributed by atoms with E-state index in [0.717, 1.165) is 17.2 Å². The highest BCUT2D eigenvalue weighted by atomic mass is 32.2. The van der Waals surface area contributed by atoms with E-state index in [-0.39, 0.29) is 11.3 Å². The number of benzene rings is 1. The normalized spacial score (nSPS) is 19.5. The molecule has 16 heavy (non-hydrogen) atoms. The molecule has 1 aromatic carbocycles. The average Bonchev–Trinajstić information content (AvgIpc) is 2.29. The molecule has 86 valence electrons. The quantitative estimate of drug-likeness (QED) is 0.753. The van der Waals surface area contributed by atoms with Crippen LogP contribution in [0, 0.1) is 0 Å². The summed E-state index contributed by atoms with van der Waals surface area (Å²) in [6.45, 7) is 2.79. The van der Waals surface area contributed by atoms with Crippen molar-refractivity contribution in [1.82, 2.24) is 4.90 Å². The Morgan fingerprint density at radius 3 is 2.88 bits per heavy atom. The third-order valence-electron chi connectivity index (χ3n) is 2.69. The molecule has 0 aromatic heterocycles. The molecule has 4 heteroatoms. The van der Waals surface area contributed by atoms with Crippen LogP contribution in [0.4, 0.5) is 0 Å². The van der Waals surface area contributed by atoms with Crippen molar-refractivity contribution in [2.75, 3.05) is 13.7 Å². The summed E-state index contributed by atoms with van der Waals surface area (Å²) in [6, 6.07) is 7.91. The molecule has 1 heterocycles. The predicted octanol–water partition coefficient (Wildman–Crippen LogP) is 2.37. The van der Waals surface area contributed by atoms with Gasteiger partial charge in [0.15, 0.2) is 0 Å². The molecular formula is C12H15NO2S. The molecule has 0 bridgehead atoms. The van der Waals surface area contributed by atoms with Gasteiger partial charge in [-0.1, -0.05) is 23.9 Å². The number of ether oxygens (including phenoxy) is 1. The number of β-lactam (4-membered cyclic amide) rings is 1. The number of carbonyl (C=O) groups excluding carboxylic acids is 1. The van der Waals surface area contributed by atoms with E-state index in [1.807, 2.05) is 36.1 Å². The zero-order chi connectivity index (χ0) is 11.5. The Balaban J connectivity index is 2.07. The molecule has 0 saturated carbocycles. The Labute approximate surface area is 99.8 Å². The Hall–Kier alpha value is -1.16. The molecule has 0 N–H and O–H groups in total. The van der Waals surface area contributed by atoms with Crippen molar-refractivity contribution in [3.05, 3.63) is 24.3 Å². The summed E-state index contributed by atoms with van der Waals surface area (Å²) in [5.41, 5.74) is 0. The Bertz CT molecular complexity index is 394. The first-order chi connectivity index (χ1) is 7.76. The molecule has 1 atom stereocenters. The lowest BCUT2D eigenvalue weighted by Gasteiger charge is -2.39. The highest BCUT2D eigenvalue weighted by Gasteiger charge is 2.35. The van der Waals surface area contributed by atoms with Crippen molar-refractivity contribution in [2.24, 2.45) is 0 Å². The average molecular weight is 237 g/mol. The summed E-state index contributed by atoms with van der Waals surface area (Å²) in [5, 5.41) is 0.272. The summed E-state index contributed by atoms with van der Waals surface area (Å²) < 4.78 is 5.29. The van der Waals surface area contributed by atoms with Gasteiger partial charge < -0.3 is 9.64 Å². The maximum atomic E-state index is 11.3. The van der Waals surface area contributed by atoms with Gasteiger partial charge in [0.25, 0.3) is 0 Å². The van der Waals surface area contributed by atoms with Gasteiger partial charge in [0.2, 0.25) is 5.91 Å². The number of para-hydroxylation sites is 1. The zero-order valence-electron chi connectivity index (χ0n) is 9.47. The van der Waals surface area contributed by atoms with Crippen LogP contribution in [0.2, 0.25) is 0 Å². The van der Waals surface area contributed by atoms with Crippen molar-refractivity contribution < 1.29 is 9.53 Å². The van der Waals surface area contributed by atoms with Crippen molar-refractivity contribution >= 4 is 17.7 Å². The van der Waals surface area contributed by atoms with Gasteiger partial charge in [-0.3, -0.25) is 4.79 Å². The number of carbonyl (C=O) groups is 1. The lowest BCUT2D eigenvalue weighted by Crippen LogP contribution is -2.50. The van der Waals surface area contributed by atoms with E-state index in [9.17, 15) is 4.79 Å². The summed E-state index contributed by atoms with van der Waals surface area (Å²) >= 11 is 1.70. The molecule has 0 aliphatic carbocycles. The van der Waals surface area contributed by atoms with E-state index in [2.05, 4.69) is 0 Å². The van der Waals surface area contributed by atoms with Crippen LogP contribution in [0.3, 0.4) is 0 Å². The minimum atomic E-state index is 0.245. The summed E-state index contributed by atoms with van der Waals surface area (Å²) in [4.78, 5) is 14.3. The number of rotatable bonds is 4. The van der Waals surface area contributed by atoms with E-state index in [1.165, 1.54) is 0 Å². The number of amides is 1. The Kier molecular flexibility index (Phi) is 3.39. The highest BCUT2D eigenvalue weighted by Crippen LogP contribution is 2.38. The molecule has 0 spiro atoms. The number of hydrogen-bond donors (Lipinski definition) is 0. The Morgan fingerprint density at radius 2 is 2.25 bits per heavy atom. The first kappa shape index (κ1) is 11.3. The molecule has 1 unspecified atom stereocenters. The lowest BCUT2D eigenvalue weighted by molar-refractivity contribution is -0.141. The fraction of sp³-hybridized carbons (Fsp3) is 0.417. The third kappa shape index (κ3) is 2.02. The van der Waals surface area contributed by atoms with Gasteiger partial charge in [-0.25, -0.2) is 0 Å². The van der Waals surface area contributed by atoms with Crippen molar-refractivity contribution in [3.63, 3.8) is 0 Å². The molecule has 1 saturated heterocycles. The van der Waals surface area contributed by atoms with Crippen molar-refractivity contribution in [1.29, 1.82) is 0 Å². The standard InChI is InChI=1S/C12H15NO2S/c1-3-13-11(14)8-12(13)16-10-7-5-4-6-9(10)15-2/h4-7,12H,3,8H2,1-2H3. The summed E-state index contributed by atoms with van der Waals surface area (Å²) in [7, 11) is 1.67. The SMILES string of the molecule is CCN1C(=O)CC1Sc1ccccc1OC. The molecule has 1 aliphatic rings. The minimum absolute atomic E-state index is 0.245. The monoisotopic (exact) mass is 237 g/mol. The number of nitrogens with zero attached hydrogens (tertiary/aromatic N) is 1. The van der Waals surface area contributed by atoms with Crippen LogP contribution in [0.5, 0.6) is 5.75 Å². The molecule has 3 nitrogen and oxygen atoms in total. The van der Waals surface area contributed by atoms with Crippen molar-refractivity contribution in [2.45, 2.75) is 23.6 Å². The fourth-order valence-electron chi connectivity index (χ4n) is 1.77. The molecule has 1 amide bonds. The second kappa shape index (κ2) is 4.78. The second-order valence-electron chi connectivity index (χ2n) is 3.61. The maximum absolute atomic E-state index is 11.3. The number of methoxy groups -OCH3 is 1. The van der Waals surface area contributed by atoms with Crippen LogP contribution in [0.25, 0.3) is 0 Å². The van der Waals surface area contributed by atoms with E-state index in [1.54, 1.807) is 18.9 Å². The van der Waals surface area contributed by atoms with Gasteiger partial charge in [-0.15, -0.1) is 0 Å². The first-order valence-electron chi connectivity index (χ1n) is 5.35. The van der Waals surface area contributed by atoms with Gasteiger partial charge in [0, 0.05) is 6.54 Å². The summed E-state index contributed by atoms with van der Waals surface area (Å²) in [5.74, 6) is 1.12. The zero-order valence-corrected chi connectivity index (χ0v) is 10.3. The number of thioether (sulfide) groups is 1. The van der Waals surface area contributed by atoms with E-state index >= 15 is 0 Å². The fourth-order valence-corrected chi connectivity index (χ4v) is 3.11. The van der Waals surface area contributed by atoms with Gasteiger partial charge >= 0.3 is 0 Å². The third-order valence-corrected chi connectivity index (χ3v) is 3.97. The predicted molar refractivity (Wildman–Crippen MR) is 64.6 cm³/mol. The number of hydrogen-bond acceptors (Lipinski definition) is 3. The largest absolute Gasteiger partial charge is 0.496 e. The first-order valence-corrected chi connectivity index (χ1v) is 6.23. The van der Waals surface area contributed by atoms with E-state index in [0.29, 0.717) is 6.42 Å². The molecule has 1 aliphatic heterocycles. The van der Waals surface area contributed by atoms with Crippen LogP contribution in [-0.4, -0.2) is 29.8 Å². The number of likely N-dealkylation sites (tertiary alicyclic amines) is 1. The van der Waals surface area contributed by atoms with Crippen LogP contribution in [0.15, 0.2) is 29.2 Å². The highest BCUT2D eigenvalue weighted by molar-refractivity contribution is 8.00. The Morgan fingerprint density at radius 1 is 1.50 bits per heavy atom. The minimum Gasteiger partial charge on any atom is -0.496 e. The molecular weight excluding hydrogens is 222 g/mol. The molecule has 1 aromatic rings. The maximum Gasteiger partial charge on any atom is 0.226 e.